The molecule has 6 rings (SSSR count). The van der Waals surface area contributed by atoms with E-state index in [2.05, 4.69) is 30.4 Å². The maximum Gasteiger partial charge on any atom is 0.419 e. The molecule has 2 atom stereocenters. The number of nitrogens with one attached hydrogen (secondary N) is 2. The van der Waals surface area contributed by atoms with Gasteiger partial charge >= 0.3 is 6.18 Å². The van der Waals surface area contributed by atoms with E-state index in [0.29, 0.717) is 34.6 Å². The van der Waals surface area contributed by atoms with Crippen molar-refractivity contribution in [1.29, 1.82) is 0 Å². The smallest absolute Gasteiger partial charge is 0.361 e. The van der Waals surface area contributed by atoms with E-state index < -0.39 is 17.7 Å². The van der Waals surface area contributed by atoms with Gasteiger partial charge in [0.1, 0.15) is 17.0 Å². The predicted molar refractivity (Wildman–Crippen MR) is 129 cm³/mol. The van der Waals surface area contributed by atoms with Crippen LogP contribution in [-0.2, 0) is 6.18 Å². The molecule has 2 fully saturated rings. The summed E-state index contributed by atoms with van der Waals surface area (Å²) in [6.07, 6.45) is -0.260. The van der Waals surface area contributed by atoms with Gasteiger partial charge < -0.3 is 14.8 Å². The summed E-state index contributed by atoms with van der Waals surface area (Å²) in [6, 6.07) is 3.00. The molecule has 0 spiro atoms. The molecule has 0 unspecified atom stereocenters. The summed E-state index contributed by atoms with van der Waals surface area (Å²) in [6.45, 7) is 2.92. The Morgan fingerprint density at radius 3 is 2.61 bits per heavy atom. The van der Waals surface area contributed by atoms with Crippen molar-refractivity contribution in [2.75, 3.05) is 18.4 Å². The van der Waals surface area contributed by atoms with Crippen molar-refractivity contribution in [3.63, 3.8) is 0 Å². The van der Waals surface area contributed by atoms with Crippen molar-refractivity contribution >= 4 is 17.0 Å². The highest BCUT2D eigenvalue weighted by atomic mass is 19.4. The molecule has 0 aromatic carbocycles. The number of anilines is 1. The highest BCUT2D eigenvalue weighted by molar-refractivity contribution is 5.94. The van der Waals surface area contributed by atoms with Crippen LogP contribution in [0.2, 0.25) is 0 Å². The number of nitrogens with zero attached hydrogens (tertiary/aromatic N) is 5. The predicted octanol–water partition coefficient (Wildman–Crippen LogP) is 5.59. The number of aromatic nitrogens is 5. The van der Waals surface area contributed by atoms with Crippen LogP contribution >= 0.6 is 0 Å². The molecule has 4 aromatic heterocycles. The maximum absolute atomic E-state index is 14.0. The van der Waals surface area contributed by atoms with E-state index in [1.54, 1.807) is 30.9 Å². The monoisotopic (exact) mass is 533 g/mol. The second-order valence-electron chi connectivity index (χ2n) is 9.96. The van der Waals surface area contributed by atoms with Crippen molar-refractivity contribution < 1.29 is 26.5 Å². The summed E-state index contributed by atoms with van der Waals surface area (Å²) < 4.78 is 74.0. The number of aromatic amines is 1. The zero-order valence-corrected chi connectivity index (χ0v) is 20.5. The fourth-order valence-corrected chi connectivity index (χ4v) is 5.55. The maximum atomic E-state index is 14.0. The molecule has 13 heteroatoms. The molecule has 1 saturated carbocycles. The Balaban J connectivity index is 1.35. The van der Waals surface area contributed by atoms with Crippen LogP contribution in [0.4, 0.5) is 27.9 Å². The van der Waals surface area contributed by atoms with Gasteiger partial charge in [0, 0.05) is 35.4 Å². The van der Waals surface area contributed by atoms with Gasteiger partial charge in [-0.25, -0.2) is 23.7 Å². The summed E-state index contributed by atoms with van der Waals surface area (Å²) >= 11 is 0. The van der Waals surface area contributed by atoms with E-state index >= 15 is 0 Å². The number of rotatable bonds is 5. The van der Waals surface area contributed by atoms with Crippen molar-refractivity contribution in [3.8, 4) is 22.5 Å². The average Bonchev–Trinajstić information content (AvgIpc) is 3.55. The van der Waals surface area contributed by atoms with Crippen molar-refractivity contribution in [2.45, 2.75) is 57.3 Å². The molecule has 2 N–H and O–H groups in total. The zero-order chi connectivity index (χ0) is 26.8. The van der Waals surface area contributed by atoms with Gasteiger partial charge in [0.05, 0.1) is 35.7 Å². The number of likely N-dealkylation sites (tertiary alicyclic amines) is 1. The van der Waals surface area contributed by atoms with E-state index in [0.717, 1.165) is 24.6 Å². The molecule has 38 heavy (non-hydrogen) atoms. The number of fused-ring (bicyclic) bond motifs is 1. The zero-order valence-electron chi connectivity index (χ0n) is 20.5. The molecule has 0 bridgehead atoms. The fourth-order valence-electron chi connectivity index (χ4n) is 5.55. The minimum absolute atomic E-state index is 0.0202. The fraction of sp³-hybridized carbons (Fsp3) is 0.440. The van der Waals surface area contributed by atoms with E-state index in [-0.39, 0.29) is 42.4 Å². The van der Waals surface area contributed by atoms with Crippen LogP contribution in [0.5, 0.6) is 0 Å². The van der Waals surface area contributed by atoms with Crippen LogP contribution in [0.25, 0.3) is 33.5 Å². The topological polar surface area (TPSA) is 95.8 Å². The van der Waals surface area contributed by atoms with Gasteiger partial charge in [-0.2, -0.15) is 13.2 Å². The van der Waals surface area contributed by atoms with Gasteiger partial charge in [-0.15, -0.1) is 0 Å². The number of hydrogen-bond acceptors (Lipinski definition) is 7. The lowest BCUT2D eigenvalue weighted by Crippen LogP contribution is -2.62. The number of H-pyrrole nitrogens is 1. The largest absolute Gasteiger partial charge is 0.419 e. The molecule has 1 aliphatic heterocycles. The van der Waals surface area contributed by atoms with E-state index in [9.17, 15) is 22.0 Å². The van der Waals surface area contributed by atoms with Gasteiger partial charge in [0.25, 0.3) is 5.92 Å². The van der Waals surface area contributed by atoms with Crippen molar-refractivity contribution in [3.05, 3.63) is 41.5 Å². The van der Waals surface area contributed by atoms with Crippen molar-refractivity contribution in [1.82, 2.24) is 30.0 Å². The first-order valence-electron chi connectivity index (χ1n) is 12.2. The van der Waals surface area contributed by atoms with E-state index in [4.69, 9.17) is 4.52 Å². The summed E-state index contributed by atoms with van der Waals surface area (Å²) in [5, 5.41) is 7.51. The molecule has 0 radical (unpaired) electrons. The molecular formula is C25H24F5N7O. The molecule has 4 aromatic rings. The standard InChI is InChI=1S/C25H24F5N7O/c1-12-20(13(2)38-36-12)18-7-6-14-15(8-31-22(14)33-18)21-16(25(28,29)30)9-32-23(35-21)34-17-4-3-5-19(17)37-10-24(26,27)11-37/h6-9,17,19H,3-5,10-11H2,1-2H3,(H,31,33)(H,32,34,35)/t17-,19-/m0/s1. The van der Waals surface area contributed by atoms with E-state index in [1.807, 2.05) is 0 Å². The highest BCUT2D eigenvalue weighted by Gasteiger charge is 2.49. The van der Waals surface area contributed by atoms with Gasteiger partial charge in [-0.05, 0) is 45.2 Å². The Labute approximate surface area is 213 Å². The number of aryl methyl sites for hydroxylation is 2. The van der Waals surface area contributed by atoms with Crippen LogP contribution in [0.1, 0.15) is 36.3 Å². The molecule has 1 aliphatic carbocycles. The number of hydrogen-bond donors (Lipinski definition) is 2. The molecule has 200 valence electrons. The quantitative estimate of drug-likeness (QED) is 0.323. The normalized spacial score (nSPS) is 21.7. The highest BCUT2D eigenvalue weighted by Crippen LogP contribution is 2.40. The Hall–Kier alpha value is -3.61. The molecule has 5 heterocycles. The minimum Gasteiger partial charge on any atom is -0.361 e. The first kappa shape index (κ1) is 24.7. The third-order valence-corrected chi connectivity index (χ3v) is 7.31. The molecule has 1 saturated heterocycles. The summed E-state index contributed by atoms with van der Waals surface area (Å²) in [5.41, 5.74) is 1.28. The van der Waals surface area contributed by atoms with Crippen molar-refractivity contribution in [2.24, 2.45) is 0 Å². The second kappa shape index (κ2) is 8.72. The summed E-state index contributed by atoms with van der Waals surface area (Å²) in [5.74, 6) is -2.09. The Kier molecular flexibility index (Phi) is 5.67. The Bertz CT molecular complexity index is 1480. The van der Waals surface area contributed by atoms with Gasteiger partial charge in [0.2, 0.25) is 5.95 Å². The Morgan fingerprint density at radius 2 is 1.92 bits per heavy atom. The molecule has 2 aliphatic rings. The Morgan fingerprint density at radius 1 is 1.13 bits per heavy atom. The number of halogens is 5. The number of alkyl halides is 5. The van der Waals surface area contributed by atoms with Gasteiger partial charge in [-0.3, -0.25) is 4.90 Å². The van der Waals surface area contributed by atoms with Gasteiger partial charge in [-0.1, -0.05) is 5.16 Å². The lowest BCUT2D eigenvalue weighted by Gasteiger charge is -2.44. The second-order valence-corrected chi connectivity index (χ2v) is 9.96. The minimum atomic E-state index is -4.69. The molecule has 0 amide bonds. The molecular weight excluding hydrogens is 509 g/mol. The van der Waals surface area contributed by atoms with E-state index in [1.165, 1.54) is 6.20 Å². The van der Waals surface area contributed by atoms with Crippen LogP contribution in [0, 0.1) is 13.8 Å². The van der Waals surface area contributed by atoms with Gasteiger partial charge in [0.15, 0.2) is 0 Å². The third-order valence-electron chi connectivity index (χ3n) is 7.31. The van der Waals surface area contributed by atoms with Crippen LogP contribution < -0.4 is 5.32 Å². The summed E-state index contributed by atoms with van der Waals surface area (Å²) in [7, 11) is 0. The molecule has 8 nitrogen and oxygen atoms in total. The van der Waals surface area contributed by atoms with Crippen LogP contribution in [-0.4, -0.2) is 61.1 Å². The SMILES string of the molecule is Cc1noc(C)c1-c1ccc2c(-c3nc(N[C@H]4CCC[C@@H]4N4CC(F)(F)C4)ncc3C(F)(F)F)c[nH]c2n1. The van der Waals surface area contributed by atoms with Crippen LogP contribution in [0.15, 0.2) is 29.0 Å². The first-order valence-corrected chi connectivity index (χ1v) is 12.2. The lowest BCUT2D eigenvalue weighted by atomic mass is 10.0. The third kappa shape index (κ3) is 4.28. The first-order chi connectivity index (χ1) is 18.0. The average molecular weight is 534 g/mol. The summed E-state index contributed by atoms with van der Waals surface area (Å²) in [4.78, 5) is 17.5. The van der Waals surface area contributed by atoms with Crippen LogP contribution in [0.3, 0.4) is 0 Å². The number of pyridine rings is 1. The lowest BCUT2D eigenvalue weighted by molar-refractivity contribution is -0.145.